The summed E-state index contributed by atoms with van der Waals surface area (Å²) < 4.78 is 18.3. The summed E-state index contributed by atoms with van der Waals surface area (Å²) in [5.41, 5.74) is 1.92. The van der Waals surface area contributed by atoms with Crippen LogP contribution in [0.3, 0.4) is 0 Å². The van der Waals surface area contributed by atoms with Crippen LogP contribution < -0.4 is 9.92 Å². The second kappa shape index (κ2) is 6.62. The van der Waals surface area contributed by atoms with Gasteiger partial charge in [0.15, 0.2) is 16.6 Å². The Morgan fingerprint density at radius 2 is 1.29 bits per heavy atom. The van der Waals surface area contributed by atoms with Crippen molar-refractivity contribution in [2.45, 2.75) is 39.3 Å². The predicted molar refractivity (Wildman–Crippen MR) is 97.4 cm³/mol. The topological polar surface area (TPSA) is 27.7 Å². The Balaban J connectivity index is 3.29. The number of methoxy groups -OCH3 is 1. The van der Waals surface area contributed by atoms with Crippen LogP contribution in [0.25, 0.3) is 0 Å². The van der Waals surface area contributed by atoms with Gasteiger partial charge in [0.25, 0.3) is 0 Å². The fraction of sp³-hybridized carbons (Fsp3) is 0.467. The normalized spacial score (nSPS) is 13.1. The van der Waals surface area contributed by atoms with Crippen LogP contribution in [0.5, 0.6) is 5.75 Å². The largest absolute Gasteiger partial charge is 0.497 e. The van der Waals surface area contributed by atoms with Crippen molar-refractivity contribution in [3.63, 3.8) is 0 Å². The highest BCUT2D eigenvalue weighted by Crippen LogP contribution is 2.22. The Morgan fingerprint density at radius 1 is 0.857 bits per heavy atom. The first-order valence-corrected chi connectivity index (χ1v) is 15.9. The Bertz CT molecular complexity index is 456. The molecule has 1 rings (SSSR count). The van der Waals surface area contributed by atoms with Crippen LogP contribution in [0.1, 0.15) is 0 Å². The number of benzene rings is 1. The molecule has 0 radical (unpaired) electrons. The molecule has 1 aromatic carbocycles. The predicted octanol–water partition coefficient (Wildman–Crippen LogP) is 3.77. The van der Waals surface area contributed by atoms with E-state index in [1.54, 1.807) is 7.11 Å². The fourth-order valence-electron chi connectivity index (χ4n) is 2.07. The van der Waals surface area contributed by atoms with Crippen LogP contribution in [0, 0.1) is 0 Å². The van der Waals surface area contributed by atoms with Crippen molar-refractivity contribution in [1.29, 1.82) is 0 Å². The average Bonchev–Trinajstić information content (AvgIpc) is 2.34. The van der Waals surface area contributed by atoms with E-state index in [9.17, 15) is 0 Å². The maximum atomic E-state index is 6.54. The lowest BCUT2D eigenvalue weighted by Gasteiger charge is -2.39. The van der Waals surface area contributed by atoms with E-state index in [0.29, 0.717) is 0 Å². The maximum absolute atomic E-state index is 6.54. The van der Waals surface area contributed by atoms with E-state index in [1.165, 1.54) is 0 Å². The van der Waals surface area contributed by atoms with E-state index in [-0.39, 0.29) is 0 Å². The molecule has 118 valence electrons. The lowest BCUT2D eigenvalue weighted by Crippen LogP contribution is -2.61. The summed E-state index contributed by atoms with van der Waals surface area (Å²) in [5, 5.41) is 1.10. The molecular formula is C15H28O3Si3. The first-order valence-electron chi connectivity index (χ1n) is 7.20. The third kappa shape index (κ3) is 5.55. The van der Waals surface area contributed by atoms with Crippen molar-refractivity contribution in [2.24, 2.45) is 0 Å². The van der Waals surface area contributed by atoms with Crippen molar-refractivity contribution in [3.8, 4) is 5.75 Å². The lowest BCUT2D eigenvalue weighted by molar-refractivity contribution is 0.410. The smallest absolute Gasteiger partial charge is 0.378 e. The van der Waals surface area contributed by atoms with Crippen molar-refractivity contribution >= 4 is 30.4 Å². The van der Waals surface area contributed by atoms with E-state index in [4.69, 9.17) is 13.0 Å². The summed E-state index contributed by atoms with van der Waals surface area (Å²) in [4.78, 5) is 0. The Hall–Kier alpha value is -0.669. The van der Waals surface area contributed by atoms with Crippen LogP contribution >= 0.6 is 0 Å². The van der Waals surface area contributed by atoms with E-state index in [0.717, 1.165) is 10.9 Å². The molecule has 0 saturated heterocycles. The molecule has 0 unspecified atom stereocenters. The van der Waals surface area contributed by atoms with Gasteiger partial charge in [-0.25, -0.2) is 0 Å². The van der Waals surface area contributed by atoms with Crippen LogP contribution in [-0.4, -0.2) is 32.3 Å². The van der Waals surface area contributed by atoms with Crippen LogP contribution in [-0.2, 0) is 8.23 Å². The van der Waals surface area contributed by atoms with Gasteiger partial charge in [0.05, 0.1) is 7.11 Å². The minimum atomic E-state index is -2.62. The molecule has 0 aliphatic carbocycles. The van der Waals surface area contributed by atoms with Gasteiger partial charge in [0, 0.05) is 0 Å². The zero-order valence-corrected chi connectivity index (χ0v) is 17.3. The second-order valence-corrected chi connectivity index (χ2v) is 19.4. The number of ether oxygens (including phenoxy) is 1. The lowest BCUT2D eigenvalue weighted by atomic mass is 10.3. The quantitative estimate of drug-likeness (QED) is 0.707. The molecule has 3 nitrogen and oxygen atoms in total. The third-order valence-electron chi connectivity index (χ3n) is 2.68. The molecule has 0 aromatic heterocycles. The number of rotatable bonds is 7. The fourth-order valence-corrected chi connectivity index (χ4v) is 12.4. The summed E-state index contributed by atoms with van der Waals surface area (Å²) in [6.07, 6.45) is 0. The number of hydrogen-bond donors (Lipinski definition) is 0. The summed E-state index contributed by atoms with van der Waals surface area (Å²) in [7, 11) is -4.47. The first kappa shape index (κ1) is 18.4. The molecule has 1 aromatic rings. The standard InChI is InChI=1S/C15H28O3Si3/c1-9-21(17-19(3,4)5,18-20(6,7)8)15-12-10-14(16-2)11-13-15/h9-13H,1H2,2-8H3. The van der Waals surface area contributed by atoms with Gasteiger partial charge >= 0.3 is 8.56 Å². The molecule has 0 N–H and O–H groups in total. The molecule has 0 bridgehead atoms. The summed E-state index contributed by atoms with van der Waals surface area (Å²) in [6, 6.07) is 8.02. The minimum Gasteiger partial charge on any atom is -0.497 e. The van der Waals surface area contributed by atoms with E-state index < -0.39 is 25.2 Å². The van der Waals surface area contributed by atoms with Crippen molar-refractivity contribution in [1.82, 2.24) is 0 Å². The third-order valence-corrected chi connectivity index (χ3v) is 11.7. The van der Waals surface area contributed by atoms with Gasteiger partial charge in [0.1, 0.15) is 5.75 Å². The van der Waals surface area contributed by atoms with Gasteiger partial charge in [-0.3, -0.25) is 0 Å². The molecule has 0 aliphatic rings. The maximum Gasteiger partial charge on any atom is 0.378 e. The second-order valence-electron chi connectivity index (χ2n) is 7.03. The van der Waals surface area contributed by atoms with Gasteiger partial charge in [-0.2, -0.15) is 0 Å². The Labute approximate surface area is 132 Å². The van der Waals surface area contributed by atoms with E-state index in [1.807, 2.05) is 30.0 Å². The van der Waals surface area contributed by atoms with Gasteiger partial charge in [-0.15, -0.1) is 6.58 Å². The van der Waals surface area contributed by atoms with Gasteiger partial charge < -0.3 is 13.0 Å². The van der Waals surface area contributed by atoms with Crippen LogP contribution in [0.2, 0.25) is 39.3 Å². The molecule has 0 atom stereocenters. The molecule has 6 heteroatoms. The average molecular weight is 341 g/mol. The summed E-state index contributed by atoms with van der Waals surface area (Å²) >= 11 is 0. The molecule has 21 heavy (non-hydrogen) atoms. The molecule has 0 amide bonds. The van der Waals surface area contributed by atoms with E-state index >= 15 is 0 Å². The van der Waals surface area contributed by atoms with Gasteiger partial charge in [0.2, 0.25) is 0 Å². The van der Waals surface area contributed by atoms with Crippen LogP contribution in [0.4, 0.5) is 0 Å². The zero-order valence-electron chi connectivity index (χ0n) is 14.3. The molecule has 0 aliphatic heterocycles. The molecule has 0 fully saturated rings. The molecule has 0 spiro atoms. The first-order chi connectivity index (χ1) is 9.51. The van der Waals surface area contributed by atoms with Gasteiger partial charge in [-0.05, 0) is 62.3 Å². The molecule has 0 saturated carbocycles. The van der Waals surface area contributed by atoms with Crippen LogP contribution in [0.15, 0.2) is 36.5 Å². The van der Waals surface area contributed by atoms with Gasteiger partial charge in [-0.1, -0.05) is 12.1 Å². The molecule has 0 heterocycles. The zero-order chi connectivity index (χ0) is 16.3. The van der Waals surface area contributed by atoms with Crippen molar-refractivity contribution in [3.05, 3.63) is 36.5 Å². The SMILES string of the molecule is C=C[Si](O[Si](C)(C)C)(O[Si](C)(C)C)c1ccc(OC)cc1. The molecular weight excluding hydrogens is 312 g/mol. The highest BCUT2D eigenvalue weighted by molar-refractivity contribution is 6.97. The van der Waals surface area contributed by atoms with E-state index in [2.05, 4.69) is 45.9 Å². The summed E-state index contributed by atoms with van der Waals surface area (Å²) in [5.74, 6) is 0.840. The number of hydrogen-bond acceptors (Lipinski definition) is 3. The Kier molecular flexibility index (Phi) is 5.79. The summed E-state index contributed by atoms with van der Waals surface area (Å²) in [6.45, 7) is 17.2. The monoisotopic (exact) mass is 340 g/mol. The highest BCUT2D eigenvalue weighted by Gasteiger charge is 2.44. The minimum absolute atomic E-state index is 0.840. The Morgan fingerprint density at radius 3 is 1.57 bits per heavy atom. The highest BCUT2D eigenvalue weighted by atomic mass is 28.5. The van der Waals surface area contributed by atoms with Crippen molar-refractivity contribution in [2.75, 3.05) is 7.11 Å². The van der Waals surface area contributed by atoms with Crippen molar-refractivity contribution < 1.29 is 13.0 Å².